The smallest absolute Gasteiger partial charge is 0.134 e. The van der Waals surface area contributed by atoms with Gasteiger partial charge in [-0.05, 0) is 27.2 Å². The molecule has 14 heavy (non-hydrogen) atoms. The molecule has 1 aromatic rings. The van der Waals surface area contributed by atoms with E-state index >= 15 is 0 Å². The minimum Gasteiger partial charge on any atom is -0.361 e. The fraction of sp³-hybridized carbons (Fsp3) is 0.500. The van der Waals surface area contributed by atoms with E-state index in [0.717, 1.165) is 29.3 Å². The van der Waals surface area contributed by atoms with Crippen molar-refractivity contribution in [3.8, 4) is 0 Å². The molecule has 0 fully saturated rings. The van der Waals surface area contributed by atoms with Crippen molar-refractivity contribution in [3.63, 3.8) is 0 Å². The normalized spacial score (nSPS) is 13.4. The topological polar surface area (TPSA) is 50.8 Å². The van der Waals surface area contributed by atoms with Crippen molar-refractivity contribution >= 4 is 11.4 Å². The molecule has 4 nitrogen and oxygen atoms in total. The molecule has 1 aromatic heterocycles. The second-order valence-corrected chi connectivity index (χ2v) is 3.20. The van der Waals surface area contributed by atoms with E-state index in [2.05, 4.69) is 15.4 Å². The van der Waals surface area contributed by atoms with Crippen LogP contribution in [0.15, 0.2) is 20.8 Å². The Morgan fingerprint density at radius 3 is 2.64 bits per heavy atom. The summed E-state index contributed by atoms with van der Waals surface area (Å²) in [6.07, 6.45) is 0.911. The summed E-state index contributed by atoms with van der Waals surface area (Å²) in [5.74, 6) is 0.783. The van der Waals surface area contributed by atoms with Crippen LogP contribution in [0.5, 0.6) is 0 Å². The van der Waals surface area contributed by atoms with Crippen LogP contribution in [-0.4, -0.2) is 16.6 Å². The van der Waals surface area contributed by atoms with Crippen LogP contribution in [0.4, 0.5) is 0 Å². The highest BCUT2D eigenvalue weighted by atomic mass is 16.5. The van der Waals surface area contributed by atoms with Crippen LogP contribution >= 0.6 is 0 Å². The fourth-order valence-corrected chi connectivity index (χ4v) is 0.819. The Kier molecular flexibility index (Phi) is 3.56. The van der Waals surface area contributed by atoms with Gasteiger partial charge in [0.25, 0.3) is 0 Å². The summed E-state index contributed by atoms with van der Waals surface area (Å²) < 4.78 is 4.94. The van der Waals surface area contributed by atoms with Crippen molar-refractivity contribution in [2.24, 2.45) is 10.2 Å². The van der Waals surface area contributed by atoms with Gasteiger partial charge in [0.05, 0.1) is 5.71 Å². The summed E-state index contributed by atoms with van der Waals surface area (Å²) in [6.45, 7) is 7.71. The predicted octanol–water partition coefficient (Wildman–Crippen LogP) is 2.58. The van der Waals surface area contributed by atoms with Crippen molar-refractivity contribution in [1.82, 2.24) is 5.16 Å². The Morgan fingerprint density at radius 1 is 1.43 bits per heavy atom. The van der Waals surface area contributed by atoms with Gasteiger partial charge in [-0.25, -0.2) is 0 Å². The van der Waals surface area contributed by atoms with Gasteiger partial charge in [-0.2, -0.15) is 10.2 Å². The molecular formula is C10H15N3O. The molecule has 0 aliphatic heterocycles. The summed E-state index contributed by atoms with van der Waals surface area (Å²) >= 11 is 0. The third kappa shape index (κ3) is 2.80. The monoisotopic (exact) mass is 193 g/mol. The number of hydrogen-bond acceptors (Lipinski definition) is 4. The van der Waals surface area contributed by atoms with Gasteiger partial charge in [0.1, 0.15) is 11.5 Å². The predicted molar refractivity (Wildman–Crippen MR) is 56.9 cm³/mol. The molecule has 0 radical (unpaired) electrons. The average Bonchev–Trinajstić information content (AvgIpc) is 2.60. The second kappa shape index (κ2) is 4.69. The molecule has 0 N–H and O–H groups in total. The largest absolute Gasteiger partial charge is 0.361 e. The lowest BCUT2D eigenvalue weighted by atomic mass is 10.3. The van der Waals surface area contributed by atoms with Crippen LogP contribution in [0, 0.1) is 6.92 Å². The Labute approximate surface area is 83.7 Å². The van der Waals surface area contributed by atoms with Crippen molar-refractivity contribution < 1.29 is 4.52 Å². The molecule has 76 valence electrons. The van der Waals surface area contributed by atoms with Crippen molar-refractivity contribution in [2.45, 2.75) is 34.1 Å². The number of nitrogens with zero attached hydrogens (tertiary/aromatic N) is 3. The van der Waals surface area contributed by atoms with Gasteiger partial charge in [-0.1, -0.05) is 12.1 Å². The van der Waals surface area contributed by atoms with Gasteiger partial charge >= 0.3 is 0 Å². The SMILES string of the molecule is CCC(C)=NN=C(C)c1cc(C)on1. The molecule has 0 saturated heterocycles. The van der Waals surface area contributed by atoms with E-state index in [4.69, 9.17) is 4.52 Å². The Hall–Kier alpha value is -1.45. The Balaban J connectivity index is 2.80. The van der Waals surface area contributed by atoms with Gasteiger partial charge in [0.15, 0.2) is 0 Å². The first kappa shape index (κ1) is 10.6. The van der Waals surface area contributed by atoms with Gasteiger partial charge < -0.3 is 4.52 Å². The second-order valence-electron chi connectivity index (χ2n) is 3.20. The maximum absolute atomic E-state index is 4.94. The lowest BCUT2D eigenvalue weighted by molar-refractivity contribution is 0.396. The number of aromatic nitrogens is 1. The molecule has 0 bridgehead atoms. The maximum atomic E-state index is 4.94. The van der Waals surface area contributed by atoms with Gasteiger partial charge in [-0.15, -0.1) is 0 Å². The summed E-state index contributed by atoms with van der Waals surface area (Å²) in [5, 5.41) is 12.0. The highest BCUT2D eigenvalue weighted by Crippen LogP contribution is 2.03. The fourth-order valence-electron chi connectivity index (χ4n) is 0.819. The number of hydrogen-bond donors (Lipinski definition) is 0. The van der Waals surface area contributed by atoms with Gasteiger partial charge in [-0.3, -0.25) is 0 Å². The number of aryl methyl sites for hydroxylation is 1. The molecule has 0 amide bonds. The minimum absolute atomic E-state index is 0.746. The van der Waals surface area contributed by atoms with E-state index in [0.29, 0.717) is 0 Å². The first-order chi connectivity index (χ1) is 6.63. The lowest BCUT2D eigenvalue weighted by Gasteiger charge is -1.91. The third-order valence-electron chi connectivity index (χ3n) is 1.88. The van der Waals surface area contributed by atoms with Crippen LogP contribution in [-0.2, 0) is 0 Å². The van der Waals surface area contributed by atoms with Crippen molar-refractivity contribution in [3.05, 3.63) is 17.5 Å². The zero-order chi connectivity index (χ0) is 10.6. The molecular weight excluding hydrogens is 178 g/mol. The highest BCUT2D eigenvalue weighted by Gasteiger charge is 2.02. The standard InChI is InChI=1S/C10H15N3O/c1-5-7(2)11-12-9(4)10-6-8(3)14-13-10/h6H,5H2,1-4H3. The van der Waals surface area contributed by atoms with Crippen molar-refractivity contribution in [1.29, 1.82) is 0 Å². The van der Waals surface area contributed by atoms with Crippen LogP contribution < -0.4 is 0 Å². The zero-order valence-corrected chi connectivity index (χ0v) is 9.03. The summed E-state index contributed by atoms with van der Waals surface area (Å²) in [4.78, 5) is 0. The maximum Gasteiger partial charge on any atom is 0.134 e. The van der Waals surface area contributed by atoms with Crippen LogP contribution in [0.3, 0.4) is 0 Å². The lowest BCUT2D eigenvalue weighted by Crippen LogP contribution is -1.94. The molecule has 0 atom stereocenters. The zero-order valence-electron chi connectivity index (χ0n) is 9.03. The first-order valence-electron chi connectivity index (χ1n) is 4.65. The summed E-state index contributed by atoms with van der Waals surface area (Å²) in [7, 11) is 0. The van der Waals surface area contributed by atoms with Crippen LogP contribution in [0.1, 0.15) is 38.6 Å². The molecule has 4 heteroatoms. The molecule has 0 aliphatic rings. The van der Waals surface area contributed by atoms with E-state index in [1.807, 2.05) is 33.8 Å². The van der Waals surface area contributed by atoms with E-state index in [1.165, 1.54) is 0 Å². The minimum atomic E-state index is 0.746. The van der Waals surface area contributed by atoms with Crippen molar-refractivity contribution in [2.75, 3.05) is 0 Å². The molecule has 0 spiro atoms. The Bertz CT molecular complexity index is 363. The molecule has 0 aromatic carbocycles. The molecule has 1 rings (SSSR count). The Morgan fingerprint density at radius 2 is 2.14 bits per heavy atom. The van der Waals surface area contributed by atoms with Crippen LogP contribution in [0.25, 0.3) is 0 Å². The first-order valence-corrected chi connectivity index (χ1v) is 4.65. The van der Waals surface area contributed by atoms with Gasteiger partial charge in [0.2, 0.25) is 0 Å². The quantitative estimate of drug-likeness (QED) is 0.547. The molecule has 0 saturated carbocycles. The molecule has 0 aliphatic carbocycles. The van der Waals surface area contributed by atoms with E-state index in [-0.39, 0.29) is 0 Å². The third-order valence-corrected chi connectivity index (χ3v) is 1.88. The van der Waals surface area contributed by atoms with E-state index in [1.54, 1.807) is 0 Å². The van der Waals surface area contributed by atoms with E-state index in [9.17, 15) is 0 Å². The number of rotatable bonds is 3. The average molecular weight is 193 g/mol. The molecule has 0 unspecified atom stereocenters. The van der Waals surface area contributed by atoms with Gasteiger partial charge in [0, 0.05) is 11.8 Å². The van der Waals surface area contributed by atoms with E-state index < -0.39 is 0 Å². The highest BCUT2D eigenvalue weighted by molar-refractivity contribution is 5.97. The van der Waals surface area contributed by atoms with Crippen LogP contribution in [0.2, 0.25) is 0 Å². The molecule has 1 heterocycles. The summed E-state index contributed by atoms with van der Waals surface area (Å²) in [6, 6.07) is 1.84. The summed E-state index contributed by atoms with van der Waals surface area (Å²) in [5.41, 5.74) is 2.52.